The Morgan fingerprint density at radius 1 is 1.44 bits per heavy atom. The molecule has 82 valence electrons. The number of aromatic amines is 1. The Hall–Kier alpha value is -1.81. The summed E-state index contributed by atoms with van der Waals surface area (Å²) in [7, 11) is 0. The van der Waals surface area contributed by atoms with E-state index in [1.165, 1.54) is 0 Å². The number of H-pyrrole nitrogens is 1. The third-order valence-corrected chi connectivity index (χ3v) is 2.84. The number of aromatic carboxylic acids is 1. The van der Waals surface area contributed by atoms with Crippen LogP contribution >= 0.6 is 11.6 Å². The van der Waals surface area contributed by atoms with Gasteiger partial charge in [-0.25, -0.2) is 4.79 Å². The molecule has 0 unspecified atom stereocenters. The highest BCUT2D eigenvalue weighted by Gasteiger charge is 2.10. The molecule has 0 atom stereocenters. The van der Waals surface area contributed by atoms with Gasteiger partial charge in [-0.1, -0.05) is 11.6 Å². The molecule has 1 aromatic carbocycles. The summed E-state index contributed by atoms with van der Waals surface area (Å²) in [6.07, 6.45) is 0. The number of carboxylic acids is 1. The van der Waals surface area contributed by atoms with Gasteiger partial charge in [-0.15, -0.1) is 0 Å². The minimum Gasteiger partial charge on any atom is -0.477 e. The molecule has 0 fully saturated rings. The molecule has 0 amide bonds. The summed E-state index contributed by atoms with van der Waals surface area (Å²) in [6, 6.07) is 4.27. The molecule has 4 nitrogen and oxygen atoms in total. The summed E-state index contributed by atoms with van der Waals surface area (Å²) in [5.41, 5.74) is 0.672. The van der Waals surface area contributed by atoms with E-state index in [0.29, 0.717) is 21.5 Å². The van der Waals surface area contributed by atoms with Gasteiger partial charge in [0.2, 0.25) is 0 Å². The molecule has 1 heterocycles. The predicted octanol–water partition coefficient (Wildman–Crippen LogP) is 2.19. The molecule has 2 rings (SSSR count). The number of aromatic nitrogens is 1. The fourth-order valence-electron chi connectivity index (χ4n) is 1.55. The van der Waals surface area contributed by atoms with Gasteiger partial charge in [0.1, 0.15) is 5.69 Å². The number of carboxylic acid groups (broad SMARTS) is 1. The molecular weight excluding hydrogens is 230 g/mol. The summed E-state index contributed by atoms with van der Waals surface area (Å²) in [6.45, 7) is 1.73. The Morgan fingerprint density at radius 3 is 2.75 bits per heavy atom. The van der Waals surface area contributed by atoms with Crippen molar-refractivity contribution in [3.05, 3.63) is 44.7 Å². The van der Waals surface area contributed by atoms with Crippen LogP contribution < -0.4 is 5.43 Å². The maximum atomic E-state index is 11.6. The maximum absolute atomic E-state index is 11.6. The van der Waals surface area contributed by atoms with Crippen LogP contribution in [0.15, 0.2) is 23.0 Å². The van der Waals surface area contributed by atoms with Crippen LogP contribution in [-0.4, -0.2) is 16.1 Å². The Bertz CT molecular complexity index is 645. The van der Waals surface area contributed by atoms with Crippen molar-refractivity contribution in [2.24, 2.45) is 0 Å². The molecule has 0 aliphatic heterocycles. The molecule has 0 spiro atoms. The van der Waals surface area contributed by atoms with E-state index in [4.69, 9.17) is 16.7 Å². The summed E-state index contributed by atoms with van der Waals surface area (Å²) in [5.74, 6) is -1.17. The minimum atomic E-state index is -1.17. The highest BCUT2D eigenvalue weighted by molar-refractivity contribution is 6.32. The zero-order chi connectivity index (χ0) is 11.9. The third kappa shape index (κ3) is 1.57. The van der Waals surface area contributed by atoms with Gasteiger partial charge in [-0.05, 0) is 24.6 Å². The standard InChI is InChI=1S/C11H8ClNO3/c1-5-7(12)3-2-6-9(14)4-8(11(15)16)13-10(5)6/h2-4H,1H3,(H,13,14)(H,15,16). The molecule has 0 saturated carbocycles. The van der Waals surface area contributed by atoms with Gasteiger partial charge in [0.25, 0.3) is 0 Å². The second-order valence-corrected chi connectivity index (χ2v) is 3.85. The molecule has 0 saturated heterocycles. The highest BCUT2D eigenvalue weighted by atomic mass is 35.5. The SMILES string of the molecule is Cc1c(Cl)ccc2c(=O)cc(C(=O)O)[nH]c12. The number of benzene rings is 1. The summed E-state index contributed by atoms with van der Waals surface area (Å²) >= 11 is 5.90. The van der Waals surface area contributed by atoms with Gasteiger partial charge < -0.3 is 10.1 Å². The fourth-order valence-corrected chi connectivity index (χ4v) is 1.70. The number of carbonyl (C=O) groups is 1. The van der Waals surface area contributed by atoms with Crippen molar-refractivity contribution in [3.63, 3.8) is 0 Å². The van der Waals surface area contributed by atoms with Crippen molar-refractivity contribution < 1.29 is 9.90 Å². The second kappa shape index (κ2) is 3.64. The highest BCUT2D eigenvalue weighted by Crippen LogP contribution is 2.21. The van der Waals surface area contributed by atoms with Gasteiger partial charge in [-0.2, -0.15) is 0 Å². The lowest BCUT2D eigenvalue weighted by Crippen LogP contribution is -2.10. The molecule has 2 aromatic rings. The van der Waals surface area contributed by atoms with Crippen LogP contribution in [0.4, 0.5) is 0 Å². The zero-order valence-electron chi connectivity index (χ0n) is 8.37. The Morgan fingerprint density at radius 2 is 2.12 bits per heavy atom. The number of nitrogens with one attached hydrogen (secondary N) is 1. The van der Waals surface area contributed by atoms with Gasteiger partial charge in [-0.3, -0.25) is 4.79 Å². The minimum absolute atomic E-state index is 0.136. The van der Waals surface area contributed by atoms with E-state index in [1.54, 1.807) is 19.1 Å². The van der Waals surface area contributed by atoms with Crippen molar-refractivity contribution in [3.8, 4) is 0 Å². The van der Waals surface area contributed by atoms with E-state index in [9.17, 15) is 9.59 Å². The number of hydrogen-bond acceptors (Lipinski definition) is 2. The summed E-state index contributed by atoms with van der Waals surface area (Å²) in [5, 5.41) is 9.75. The van der Waals surface area contributed by atoms with Crippen LogP contribution in [0.5, 0.6) is 0 Å². The first-order valence-electron chi connectivity index (χ1n) is 4.56. The number of rotatable bonds is 1. The smallest absolute Gasteiger partial charge is 0.352 e. The molecule has 0 bridgehead atoms. The quantitative estimate of drug-likeness (QED) is 0.799. The van der Waals surface area contributed by atoms with Crippen LogP contribution in [0.1, 0.15) is 16.1 Å². The first kappa shape index (κ1) is 10.7. The molecule has 0 aliphatic carbocycles. The van der Waals surface area contributed by atoms with Crippen molar-refractivity contribution in [1.82, 2.24) is 4.98 Å². The molecule has 0 radical (unpaired) electrons. The Balaban J connectivity index is 2.94. The van der Waals surface area contributed by atoms with Crippen molar-refractivity contribution >= 4 is 28.5 Å². The third-order valence-electron chi connectivity index (χ3n) is 2.43. The number of pyridine rings is 1. The van der Waals surface area contributed by atoms with Crippen molar-refractivity contribution in [2.45, 2.75) is 6.92 Å². The molecule has 5 heteroatoms. The second-order valence-electron chi connectivity index (χ2n) is 3.45. The monoisotopic (exact) mass is 237 g/mol. The summed E-state index contributed by atoms with van der Waals surface area (Å²) in [4.78, 5) is 25.1. The molecule has 0 aliphatic rings. The van der Waals surface area contributed by atoms with E-state index >= 15 is 0 Å². The molecule has 16 heavy (non-hydrogen) atoms. The largest absolute Gasteiger partial charge is 0.477 e. The topological polar surface area (TPSA) is 70.2 Å². The number of halogens is 1. The van der Waals surface area contributed by atoms with Gasteiger partial charge in [0.05, 0.1) is 5.52 Å². The maximum Gasteiger partial charge on any atom is 0.352 e. The van der Waals surface area contributed by atoms with Gasteiger partial charge in [0.15, 0.2) is 5.43 Å². The first-order chi connectivity index (χ1) is 7.50. The number of aryl methyl sites for hydroxylation is 1. The molecule has 1 aromatic heterocycles. The van der Waals surface area contributed by atoms with Gasteiger partial charge in [0, 0.05) is 16.5 Å². The average Bonchev–Trinajstić information content (AvgIpc) is 2.23. The molecular formula is C11H8ClNO3. The van der Waals surface area contributed by atoms with E-state index in [1.807, 2.05) is 0 Å². The predicted molar refractivity (Wildman–Crippen MR) is 61.3 cm³/mol. The van der Waals surface area contributed by atoms with Crippen LogP contribution in [-0.2, 0) is 0 Å². The van der Waals surface area contributed by atoms with Crippen LogP contribution in [0.25, 0.3) is 10.9 Å². The van der Waals surface area contributed by atoms with E-state index < -0.39 is 5.97 Å². The van der Waals surface area contributed by atoms with E-state index in [0.717, 1.165) is 6.07 Å². The van der Waals surface area contributed by atoms with Crippen molar-refractivity contribution in [2.75, 3.05) is 0 Å². The number of hydrogen-bond donors (Lipinski definition) is 2. The van der Waals surface area contributed by atoms with Crippen LogP contribution in [0.3, 0.4) is 0 Å². The van der Waals surface area contributed by atoms with E-state index in [2.05, 4.69) is 4.98 Å². The van der Waals surface area contributed by atoms with Crippen LogP contribution in [0.2, 0.25) is 5.02 Å². The van der Waals surface area contributed by atoms with Gasteiger partial charge >= 0.3 is 5.97 Å². The lowest BCUT2D eigenvalue weighted by molar-refractivity contribution is 0.0691. The Kier molecular flexibility index (Phi) is 2.44. The molecule has 2 N–H and O–H groups in total. The van der Waals surface area contributed by atoms with Crippen LogP contribution in [0, 0.1) is 6.92 Å². The first-order valence-corrected chi connectivity index (χ1v) is 4.94. The number of fused-ring (bicyclic) bond motifs is 1. The zero-order valence-corrected chi connectivity index (χ0v) is 9.13. The normalized spacial score (nSPS) is 10.6. The Labute approximate surface area is 95.5 Å². The fraction of sp³-hybridized carbons (Fsp3) is 0.0909. The van der Waals surface area contributed by atoms with E-state index in [-0.39, 0.29) is 11.1 Å². The summed E-state index contributed by atoms with van der Waals surface area (Å²) < 4.78 is 0. The van der Waals surface area contributed by atoms with Crippen molar-refractivity contribution in [1.29, 1.82) is 0 Å². The lowest BCUT2D eigenvalue weighted by atomic mass is 10.1. The lowest BCUT2D eigenvalue weighted by Gasteiger charge is -2.05. The average molecular weight is 238 g/mol.